The highest BCUT2D eigenvalue weighted by Crippen LogP contribution is 1.98. The Morgan fingerprint density at radius 3 is 2.69 bits per heavy atom. The molecule has 4 nitrogen and oxygen atoms in total. The molecule has 1 heterocycles. The van der Waals surface area contributed by atoms with Gasteiger partial charge in [-0.3, -0.25) is 10.2 Å². The smallest absolute Gasteiger partial charge is 0.260 e. The molecule has 0 atom stereocenters. The summed E-state index contributed by atoms with van der Waals surface area (Å²) >= 11 is 0. The molecule has 0 aromatic rings. The second-order valence-corrected chi connectivity index (χ2v) is 3.00. The van der Waals surface area contributed by atoms with E-state index in [0.717, 1.165) is 13.1 Å². The first-order valence-corrected chi connectivity index (χ1v) is 4.55. The fourth-order valence-corrected chi connectivity index (χ4v) is 1.06. The van der Waals surface area contributed by atoms with Crippen LogP contribution in [0, 0.1) is 0 Å². The van der Waals surface area contributed by atoms with Crippen LogP contribution in [0.15, 0.2) is 12.2 Å². The standard InChI is InChI=1S/C9H16N2O2/c1-3-8(2)9(12)10-11-4-6-13-7-5-11/h2-7H2,1H3,(H,10,12). The average Bonchev–Trinajstić information content (AvgIpc) is 2.18. The third-order valence-electron chi connectivity index (χ3n) is 2.02. The Morgan fingerprint density at radius 2 is 2.15 bits per heavy atom. The van der Waals surface area contributed by atoms with E-state index in [0.29, 0.717) is 25.2 Å². The van der Waals surface area contributed by atoms with Gasteiger partial charge in [-0.1, -0.05) is 13.5 Å². The summed E-state index contributed by atoms with van der Waals surface area (Å²) < 4.78 is 5.15. The molecule has 0 aromatic heterocycles. The van der Waals surface area contributed by atoms with Crippen LogP contribution in [0.25, 0.3) is 0 Å². The predicted molar refractivity (Wildman–Crippen MR) is 50.0 cm³/mol. The van der Waals surface area contributed by atoms with Crippen molar-refractivity contribution >= 4 is 5.91 Å². The van der Waals surface area contributed by atoms with Crippen molar-refractivity contribution in [1.82, 2.24) is 10.4 Å². The van der Waals surface area contributed by atoms with Crippen LogP contribution in [0.5, 0.6) is 0 Å². The van der Waals surface area contributed by atoms with E-state index in [4.69, 9.17) is 4.74 Å². The molecule has 0 spiro atoms. The van der Waals surface area contributed by atoms with Crippen molar-refractivity contribution in [2.75, 3.05) is 26.3 Å². The van der Waals surface area contributed by atoms with Crippen molar-refractivity contribution < 1.29 is 9.53 Å². The number of ether oxygens (including phenoxy) is 1. The first-order valence-electron chi connectivity index (χ1n) is 4.55. The summed E-state index contributed by atoms with van der Waals surface area (Å²) in [4.78, 5) is 11.3. The van der Waals surface area contributed by atoms with Gasteiger partial charge in [0, 0.05) is 18.7 Å². The maximum Gasteiger partial charge on any atom is 0.260 e. The van der Waals surface area contributed by atoms with Gasteiger partial charge in [-0.25, -0.2) is 5.01 Å². The van der Waals surface area contributed by atoms with Crippen LogP contribution < -0.4 is 5.43 Å². The van der Waals surface area contributed by atoms with Crippen LogP contribution in [-0.4, -0.2) is 37.2 Å². The van der Waals surface area contributed by atoms with Gasteiger partial charge in [0.05, 0.1) is 13.2 Å². The monoisotopic (exact) mass is 184 g/mol. The zero-order chi connectivity index (χ0) is 9.68. The minimum absolute atomic E-state index is 0.0793. The molecule has 1 aliphatic rings. The van der Waals surface area contributed by atoms with Crippen LogP contribution in [0.1, 0.15) is 13.3 Å². The van der Waals surface area contributed by atoms with Gasteiger partial charge in [-0.15, -0.1) is 0 Å². The largest absolute Gasteiger partial charge is 0.379 e. The lowest BCUT2D eigenvalue weighted by atomic mass is 10.2. The second kappa shape index (κ2) is 4.99. The lowest BCUT2D eigenvalue weighted by Gasteiger charge is -2.27. The molecular formula is C9H16N2O2. The van der Waals surface area contributed by atoms with Crippen molar-refractivity contribution in [3.63, 3.8) is 0 Å². The van der Waals surface area contributed by atoms with Gasteiger partial charge in [-0.2, -0.15) is 0 Å². The number of hydrogen-bond donors (Lipinski definition) is 1. The first kappa shape index (κ1) is 10.2. The van der Waals surface area contributed by atoms with Gasteiger partial charge in [0.1, 0.15) is 0 Å². The molecule has 0 bridgehead atoms. The highest BCUT2D eigenvalue weighted by molar-refractivity contribution is 5.92. The van der Waals surface area contributed by atoms with Gasteiger partial charge >= 0.3 is 0 Å². The Bertz CT molecular complexity index is 198. The second-order valence-electron chi connectivity index (χ2n) is 3.00. The number of hydrogen-bond acceptors (Lipinski definition) is 3. The molecule has 1 rings (SSSR count). The van der Waals surface area contributed by atoms with E-state index < -0.39 is 0 Å². The van der Waals surface area contributed by atoms with E-state index in [1.54, 1.807) is 0 Å². The van der Waals surface area contributed by atoms with E-state index in [1.165, 1.54) is 0 Å². The molecule has 0 unspecified atom stereocenters. The third-order valence-corrected chi connectivity index (χ3v) is 2.02. The summed E-state index contributed by atoms with van der Waals surface area (Å²) in [6.07, 6.45) is 0.691. The topological polar surface area (TPSA) is 41.6 Å². The molecule has 1 fully saturated rings. The maximum absolute atomic E-state index is 11.3. The van der Waals surface area contributed by atoms with Crippen LogP contribution >= 0.6 is 0 Å². The highest BCUT2D eigenvalue weighted by Gasteiger charge is 2.13. The van der Waals surface area contributed by atoms with E-state index in [-0.39, 0.29) is 5.91 Å². The van der Waals surface area contributed by atoms with Gasteiger partial charge < -0.3 is 4.74 Å². The van der Waals surface area contributed by atoms with Gasteiger partial charge in [0.2, 0.25) is 0 Å². The molecule has 4 heteroatoms. The number of rotatable bonds is 3. The summed E-state index contributed by atoms with van der Waals surface area (Å²) in [5.74, 6) is -0.0793. The molecule has 0 saturated carbocycles. The molecule has 74 valence electrons. The SMILES string of the molecule is C=C(CC)C(=O)NN1CCOCC1. The number of nitrogens with zero attached hydrogens (tertiary/aromatic N) is 1. The minimum Gasteiger partial charge on any atom is -0.379 e. The number of carbonyl (C=O) groups is 1. The minimum atomic E-state index is -0.0793. The van der Waals surface area contributed by atoms with Crippen molar-refractivity contribution in [1.29, 1.82) is 0 Å². The van der Waals surface area contributed by atoms with Crippen LogP contribution in [0.3, 0.4) is 0 Å². The van der Waals surface area contributed by atoms with Crippen molar-refractivity contribution in [3.8, 4) is 0 Å². The summed E-state index contributed by atoms with van der Waals surface area (Å²) in [5.41, 5.74) is 3.40. The summed E-state index contributed by atoms with van der Waals surface area (Å²) in [7, 11) is 0. The predicted octanol–water partition coefficient (Wildman–Crippen LogP) is 0.316. The lowest BCUT2D eigenvalue weighted by Crippen LogP contribution is -2.48. The normalized spacial score (nSPS) is 18.2. The van der Waals surface area contributed by atoms with E-state index in [9.17, 15) is 4.79 Å². The molecule has 13 heavy (non-hydrogen) atoms. The number of hydrazine groups is 1. The number of amides is 1. The zero-order valence-electron chi connectivity index (χ0n) is 8.01. The van der Waals surface area contributed by atoms with E-state index in [2.05, 4.69) is 12.0 Å². The van der Waals surface area contributed by atoms with Crippen molar-refractivity contribution in [2.24, 2.45) is 0 Å². The molecular weight excluding hydrogens is 168 g/mol. The van der Waals surface area contributed by atoms with E-state index >= 15 is 0 Å². The lowest BCUT2D eigenvalue weighted by molar-refractivity contribution is -0.124. The molecule has 0 radical (unpaired) electrons. The third kappa shape index (κ3) is 3.16. The molecule has 1 aliphatic heterocycles. The van der Waals surface area contributed by atoms with Crippen molar-refractivity contribution in [2.45, 2.75) is 13.3 Å². The molecule has 0 aromatic carbocycles. The van der Waals surface area contributed by atoms with E-state index in [1.807, 2.05) is 11.9 Å². The molecule has 1 N–H and O–H groups in total. The first-order chi connectivity index (χ1) is 6.24. The number of morpholine rings is 1. The quantitative estimate of drug-likeness (QED) is 0.642. The van der Waals surface area contributed by atoms with Crippen LogP contribution in [-0.2, 0) is 9.53 Å². The fraction of sp³-hybridized carbons (Fsp3) is 0.667. The van der Waals surface area contributed by atoms with Crippen LogP contribution in [0.4, 0.5) is 0 Å². The summed E-state index contributed by atoms with van der Waals surface area (Å²) in [6.45, 7) is 8.45. The summed E-state index contributed by atoms with van der Waals surface area (Å²) in [5, 5.41) is 1.87. The van der Waals surface area contributed by atoms with Gasteiger partial charge in [0.15, 0.2) is 0 Å². The average molecular weight is 184 g/mol. The maximum atomic E-state index is 11.3. The zero-order valence-corrected chi connectivity index (χ0v) is 8.01. The number of carbonyl (C=O) groups excluding carboxylic acids is 1. The van der Waals surface area contributed by atoms with Gasteiger partial charge in [0.25, 0.3) is 5.91 Å². The van der Waals surface area contributed by atoms with Crippen molar-refractivity contribution in [3.05, 3.63) is 12.2 Å². The van der Waals surface area contributed by atoms with Crippen LogP contribution in [0.2, 0.25) is 0 Å². The Hall–Kier alpha value is -0.870. The Morgan fingerprint density at radius 1 is 1.54 bits per heavy atom. The summed E-state index contributed by atoms with van der Waals surface area (Å²) in [6, 6.07) is 0. The fourth-order valence-electron chi connectivity index (χ4n) is 1.06. The number of nitrogens with one attached hydrogen (secondary N) is 1. The Kier molecular flexibility index (Phi) is 3.92. The van der Waals surface area contributed by atoms with Gasteiger partial charge in [-0.05, 0) is 6.42 Å². The molecule has 0 aliphatic carbocycles. The molecule has 1 saturated heterocycles. The highest BCUT2D eigenvalue weighted by atomic mass is 16.5. The molecule has 1 amide bonds. The Balaban J connectivity index is 2.30. The Labute approximate surface area is 78.5 Å².